The van der Waals surface area contributed by atoms with Crippen LogP contribution in [0.2, 0.25) is 0 Å². The van der Waals surface area contributed by atoms with Crippen molar-refractivity contribution in [3.8, 4) is 0 Å². The van der Waals surface area contributed by atoms with E-state index >= 15 is 0 Å². The summed E-state index contributed by atoms with van der Waals surface area (Å²) in [6, 6.07) is 0. The van der Waals surface area contributed by atoms with Gasteiger partial charge in [0.25, 0.3) is 0 Å². The molecule has 0 saturated heterocycles. The third kappa shape index (κ3) is 1.50. The van der Waals surface area contributed by atoms with Crippen LogP contribution in [0.5, 0.6) is 0 Å². The molecule has 0 saturated carbocycles. The molecule has 0 spiro atoms. The standard InChI is InChI=1S/C7H10N4O/c1-8-4-9-7-6(3-12)10-5-11(7)2/h3-5H,1-2H3,(H,8,9). The Bertz CT molecular complexity index is 302. The van der Waals surface area contributed by atoms with Gasteiger partial charge in [-0.05, 0) is 0 Å². The average molecular weight is 166 g/mol. The van der Waals surface area contributed by atoms with Crippen LogP contribution in [0.1, 0.15) is 10.5 Å². The number of carbonyl (C=O) groups is 1. The molecule has 1 rings (SSSR count). The summed E-state index contributed by atoms with van der Waals surface area (Å²) in [4.78, 5) is 18.3. The lowest BCUT2D eigenvalue weighted by Crippen LogP contribution is -2.00. The number of nitrogens with zero attached hydrogens (tertiary/aromatic N) is 3. The Morgan fingerprint density at radius 1 is 1.75 bits per heavy atom. The number of aromatic nitrogens is 2. The highest BCUT2D eigenvalue weighted by Gasteiger charge is 2.04. The van der Waals surface area contributed by atoms with Crippen LogP contribution in [-0.2, 0) is 7.05 Å². The van der Waals surface area contributed by atoms with Gasteiger partial charge in [-0.15, -0.1) is 0 Å². The molecule has 0 unspecified atom stereocenters. The van der Waals surface area contributed by atoms with E-state index in [2.05, 4.69) is 15.3 Å². The molecule has 0 fully saturated rings. The van der Waals surface area contributed by atoms with Gasteiger partial charge in [0, 0.05) is 14.1 Å². The second-order valence-corrected chi connectivity index (χ2v) is 2.23. The Hall–Kier alpha value is -1.65. The van der Waals surface area contributed by atoms with E-state index < -0.39 is 0 Å². The molecule has 1 N–H and O–H groups in total. The van der Waals surface area contributed by atoms with E-state index in [0.717, 1.165) is 0 Å². The second kappa shape index (κ2) is 3.66. The van der Waals surface area contributed by atoms with E-state index in [-0.39, 0.29) is 0 Å². The Labute approximate surface area is 70.1 Å². The molecule has 0 bridgehead atoms. The number of nitrogens with one attached hydrogen (secondary N) is 1. The van der Waals surface area contributed by atoms with Crippen LogP contribution < -0.4 is 5.32 Å². The van der Waals surface area contributed by atoms with E-state index in [0.29, 0.717) is 17.8 Å². The molecule has 0 aliphatic rings. The van der Waals surface area contributed by atoms with Crippen LogP contribution in [-0.4, -0.2) is 29.2 Å². The minimum Gasteiger partial charge on any atom is -0.379 e. The van der Waals surface area contributed by atoms with Gasteiger partial charge >= 0.3 is 0 Å². The molecule has 0 aliphatic heterocycles. The number of rotatable bonds is 3. The Kier molecular flexibility index (Phi) is 2.57. The Balaban J connectivity index is 3.01. The van der Waals surface area contributed by atoms with Crippen LogP contribution >= 0.6 is 0 Å². The van der Waals surface area contributed by atoms with Crippen LogP contribution in [0, 0.1) is 0 Å². The van der Waals surface area contributed by atoms with Gasteiger partial charge in [-0.2, -0.15) is 0 Å². The minimum atomic E-state index is 0.351. The van der Waals surface area contributed by atoms with Gasteiger partial charge in [-0.3, -0.25) is 4.79 Å². The van der Waals surface area contributed by atoms with Crippen molar-refractivity contribution < 1.29 is 4.79 Å². The molecule has 12 heavy (non-hydrogen) atoms. The van der Waals surface area contributed by atoms with E-state index in [9.17, 15) is 4.79 Å². The number of aldehydes is 1. The number of aryl methyl sites for hydroxylation is 1. The molecule has 64 valence electrons. The molecule has 0 aliphatic carbocycles. The highest BCUT2D eigenvalue weighted by molar-refractivity contribution is 5.80. The lowest BCUT2D eigenvalue weighted by Gasteiger charge is -1.94. The van der Waals surface area contributed by atoms with Crippen molar-refractivity contribution in [2.45, 2.75) is 0 Å². The number of hydrogen-bond donors (Lipinski definition) is 1. The maximum absolute atomic E-state index is 10.4. The van der Waals surface area contributed by atoms with Gasteiger partial charge in [0.1, 0.15) is 5.69 Å². The molecule has 0 aromatic carbocycles. The van der Waals surface area contributed by atoms with Crippen LogP contribution in [0.3, 0.4) is 0 Å². The van der Waals surface area contributed by atoms with Crippen molar-refractivity contribution in [1.82, 2.24) is 14.9 Å². The first kappa shape index (κ1) is 8.45. The van der Waals surface area contributed by atoms with E-state index in [1.807, 2.05) is 0 Å². The first-order chi connectivity index (χ1) is 5.79. The summed E-state index contributed by atoms with van der Waals surface area (Å²) >= 11 is 0. The SMILES string of the molecule is CN/C=N\c1c(C=O)ncn1C. The molecule has 0 atom stereocenters. The minimum absolute atomic E-state index is 0.351. The fourth-order valence-electron chi connectivity index (χ4n) is 0.808. The van der Waals surface area contributed by atoms with Gasteiger partial charge in [0.2, 0.25) is 0 Å². The number of carbonyl (C=O) groups excluding carboxylic acids is 1. The monoisotopic (exact) mass is 166 g/mol. The van der Waals surface area contributed by atoms with E-state index in [1.165, 1.54) is 6.34 Å². The summed E-state index contributed by atoms with van der Waals surface area (Å²) in [6.45, 7) is 0. The summed E-state index contributed by atoms with van der Waals surface area (Å²) in [5.41, 5.74) is 0.351. The lowest BCUT2D eigenvalue weighted by molar-refractivity contribution is 0.112. The van der Waals surface area contributed by atoms with Crippen LogP contribution in [0.15, 0.2) is 11.3 Å². The summed E-state index contributed by atoms with van der Waals surface area (Å²) < 4.78 is 1.68. The molecular formula is C7H10N4O. The molecule has 0 amide bonds. The van der Waals surface area contributed by atoms with Gasteiger partial charge in [0.05, 0.1) is 12.7 Å². The third-order valence-corrected chi connectivity index (χ3v) is 1.36. The first-order valence-electron chi connectivity index (χ1n) is 3.46. The number of aliphatic imine (C=N–C) groups is 1. The highest BCUT2D eigenvalue weighted by atomic mass is 16.1. The van der Waals surface area contributed by atoms with Crippen LogP contribution in [0.4, 0.5) is 5.82 Å². The molecule has 1 aromatic heterocycles. The summed E-state index contributed by atoms with van der Waals surface area (Å²) in [5.74, 6) is 0.555. The Morgan fingerprint density at radius 2 is 2.50 bits per heavy atom. The molecule has 1 aromatic rings. The van der Waals surface area contributed by atoms with Gasteiger partial charge in [0.15, 0.2) is 12.1 Å². The van der Waals surface area contributed by atoms with Gasteiger partial charge in [-0.1, -0.05) is 0 Å². The summed E-state index contributed by atoms with van der Waals surface area (Å²) in [7, 11) is 3.52. The number of hydrogen-bond acceptors (Lipinski definition) is 3. The molecule has 5 heteroatoms. The predicted octanol–water partition coefficient (Wildman–Crippen LogP) is 0.112. The highest BCUT2D eigenvalue weighted by Crippen LogP contribution is 2.13. The Morgan fingerprint density at radius 3 is 3.08 bits per heavy atom. The largest absolute Gasteiger partial charge is 0.379 e. The smallest absolute Gasteiger partial charge is 0.172 e. The fraction of sp³-hybridized carbons (Fsp3) is 0.286. The first-order valence-corrected chi connectivity index (χ1v) is 3.46. The van der Waals surface area contributed by atoms with Crippen molar-refractivity contribution in [2.75, 3.05) is 7.05 Å². The maximum atomic E-state index is 10.4. The molecular weight excluding hydrogens is 156 g/mol. The fourth-order valence-corrected chi connectivity index (χ4v) is 0.808. The third-order valence-electron chi connectivity index (χ3n) is 1.36. The van der Waals surface area contributed by atoms with Gasteiger partial charge < -0.3 is 9.88 Å². The molecule has 5 nitrogen and oxygen atoms in total. The zero-order chi connectivity index (χ0) is 8.97. The topological polar surface area (TPSA) is 59.3 Å². The zero-order valence-corrected chi connectivity index (χ0v) is 6.98. The van der Waals surface area contributed by atoms with Crippen molar-refractivity contribution in [3.63, 3.8) is 0 Å². The van der Waals surface area contributed by atoms with Crippen molar-refractivity contribution >= 4 is 18.4 Å². The maximum Gasteiger partial charge on any atom is 0.172 e. The van der Waals surface area contributed by atoms with Crippen molar-refractivity contribution in [1.29, 1.82) is 0 Å². The van der Waals surface area contributed by atoms with E-state index in [4.69, 9.17) is 0 Å². The van der Waals surface area contributed by atoms with Crippen LogP contribution in [0.25, 0.3) is 0 Å². The normalized spacial score (nSPS) is 10.5. The number of imidazole rings is 1. The van der Waals surface area contributed by atoms with E-state index in [1.54, 1.807) is 25.0 Å². The summed E-state index contributed by atoms with van der Waals surface area (Å²) in [6.07, 6.45) is 3.73. The molecule has 0 radical (unpaired) electrons. The zero-order valence-electron chi connectivity index (χ0n) is 6.98. The second-order valence-electron chi connectivity index (χ2n) is 2.23. The quantitative estimate of drug-likeness (QED) is 0.394. The summed E-state index contributed by atoms with van der Waals surface area (Å²) in [5, 5.41) is 2.74. The van der Waals surface area contributed by atoms with Gasteiger partial charge in [-0.25, -0.2) is 9.98 Å². The van der Waals surface area contributed by atoms with Crippen molar-refractivity contribution in [3.05, 3.63) is 12.0 Å². The lowest BCUT2D eigenvalue weighted by atomic mass is 10.5. The molecule has 1 heterocycles. The average Bonchev–Trinajstić information content (AvgIpc) is 2.43. The predicted molar refractivity (Wildman–Crippen MR) is 45.8 cm³/mol. The van der Waals surface area contributed by atoms with Crippen molar-refractivity contribution in [2.24, 2.45) is 12.0 Å².